The van der Waals surface area contributed by atoms with Gasteiger partial charge < -0.3 is 15.4 Å². The van der Waals surface area contributed by atoms with Crippen molar-refractivity contribution in [3.63, 3.8) is 0 Å². The van der Waals surface area contributed by atoms with E-state index in [2.05, 4.69) is 24.5 Å². The molecule has 0 atom stereocenters. The zero-order valence-electron chi connectivity index (χ0n) is 24.6. The maximum Gasteiger partial charge on any atom is 0.224 e. The van der Waals surface area contributed by atoms with Crippen molar-refractivity contribution in [1.82, 2.24) is 0 Å². The van der Waals surface area contributed by atoms with Crippen LogP contribution in [-0.4, -0.2) is 11.8 Å². The maximum atomic E-state index is 12.2. The van der Waals surface area contributed by atoms with Crippen LogP contribution in [0, 0.1) is 0 Å². The molecule has 0 aromatic heterocycles. The highest BCUT2D eigenvalue weighted by atomic mass is 16.5. The lowest BCUT2D eigenvalue weighted by atomic mass is 10.1. The molecule has 5 heteroatoms. The molecule has 0 heterocycles. The van der Waals surface area contributed by atoms with Crippen LogP contribution in [0.25, 0.3) is 0 Å². The molecule has 216 valence electrons. The fourth-order valence-electron chi connectivity index (χ4n) is 4.63. The van der Waals surface area contributed by atoms with Crippen LogP contribution in [0.1, 0.15) is 129 Å². The van der Waals surface area contributed by atoms with Gasteiger partial charge in [0, 0.05) is 24.2 Å². The number of hydrogen-bond acceptors (Lipinski definition) is 3. The Morgan fingerprint density at radius 2 is 0.795 bits per heavy atom. The van der Waals surface area contributed by atoms with Gasteiger partial charge in [0.05, 0.1) is 0 Å². The fraction of sp³-hybridized carbons (Fsp3) is 0.588. The highest BCUT2D eigenvalue weighted by molar-refractivity contribution is 5.91. The lowest BCUT2D eigenvalue weighted by molar-refractivity contribution is -0.117. The summed E-state index contributed by atoms with van der Waals surface area (Å²) < 4.78 is 5.93. The number of rotatable bonds is 22. The fourth-order valence-corrected chi connectivity index (χ4v) is 4.63. The number of nitrogens with one attached hydrogen (secondary N) is 2. The SMILES string of the molecule is CCCCCCCCCCC(=O)Nc1ccc(Oc2ccc(NC(=O)CCCCCCCCCC)cc2)cc1. The van der Waals surface area contributed by atoms with Crippen LogP contribution in [0.2, 0.25) is 0 Å². The smallest absolute Gasteiger partial charge is 0.224 e. The van der Waals surface area contributed by atoms with Gasteiger partial charge in [-0.2, -0.15) is 0 Å². The van der Waals surface area contributed by atoms with E-state index in [1.165, 1.54) is 77.0 Å². The lowest BCUT2D eigenvalue weighted by Gasteiger charge is -2.10. The molecule has 0 unspecified atom stereocenters. The summed E-state index contributed by atoms with van der Waals surface area (Å²) in [6, 6.07) is 14.9. The molecule has 39 heavy (non-hydrogen) atoms. The standard InChI is InChI=1S/C34H52N2O3/c1-3-5-7-9-11-13-15-17-19-33(37)35-29-21-25-31(26-22-29)39-32-27-23-30(24-28-32)36-34(38)20-18-16-14-12-10-8-6-4-2/h21-28H,3-20H2,1-2H3,(H,35,37)(H,36,38). The van der Waals surface area contributed by atoms with Gasteiger partial charge in [0.25, 0.3) is 0 Å². The maximum absolute atomic E-state index is 12.2. The predicted molar refractivity (Wildman–Crippen MR) is 165 cm³/mol. The van der Waals surface area contributed by atoms with Crippen molar-refractivity contribution in [3.05, 3.63) is 48.5 Å². The van der Waals surface area contributed by atoms with Crippen molar-refractivity contribution in [1.29, 1.82) is 0 Å². The van der Waals surface area contributed by atoms with Crippen molar-refractivity contribution < 1.29 is 14.3 Å². The van der Waals surface area contributed by atoms with E-state index in [4.69, 9.17) is 4.74 Å². The molecule has 0 spiro atoms. The molecule has 2 aromatic carbocycles. The quantitative estimate of drug-likeness (QED) is 0.147. The van der Waals surface area contributed by atoms with Crippen LogP contribution in [0.3, 0.4) is 0 Å². The summed E-state index contributed by atoms with van der Waals surface area (Å²) in [7, 11) is 0. The molecule has 2 rings (SSSR count). The number of hydrogen-bond donors (Lipinski definition) is 2. The third kappa shape index (κ3) is 16.0. The van der Waals surface area contributed by atoms with Gasteiger partial charge in [-0.3, -0.25) is 9.59 Å². The lowest BCUT2D eigenvalue weighted by Crippen LogP contribution is -2.11. The summed E-state index contributed by atoms with van der Waals surface area (Å²) in [6.07, 6.45) is 20.8. The molecule has 2 N–H and O–H groups in total. The topological polar surface area (TPSA) is 67.4 Å². The zero-order valence-corrected chi connectivity index (χ0v) is 24.6. The monoisotopic (exact) mass is 536 g/mol. The third-order valence-electron chi connectivity index (χ3n) is 7.03. The van der Waals surface area contributed by atoms with Crippen molar-refractivity contribution in [3.8, 4) is 11.5 Å². The molecule has 0 aliphatic carbocycles. The molecule has 0 fully saturated rings. The average molecular weight is 537 g/mol. The molecule has 0 aliphatic heterocycles. The largest absolute Gasteiger partial charge is 0.457 e. The van der Waals surface area contributed by atoms with Crippen LogP contribution in [0.15, 0.2) is 48.5 Å². The van der Waals surface area contributed by atoms with E-state index < -0.39 is 0 Å². The Bertz CT molecular complexity index is 834. The first-order valence-corrected chi connectivity index (χ1v) is 15.6. The minimum Gasteiger partial charge on any atom is -0.457 e. The number of unbranched alkanes of at least 4 members (excludes halogenated alkanes) is 14. The molecule has 5 nitrogen and oxygen atoms in total. The zero-order chi connectivity index (χ0) is 28.0. The van der Waals surface area contributed by atoms with E-state index in [-0.39, 0.29) is 11.8 Å². The highest BCUT2D eigenvalue weighted by Crippen LogP contribution is 2.25. The van der Waals surface area contributed by atoms with Crippen LogP contribution in [0.5, 0.6) is 11.5 Å². The van der Waals surface area contributed by atoms with Gasteiger partial charge in [0.1, 0.15) is 11.5 Å². The summed E-state index contributed by atoms with van der Waals surface area (Å²) in [6.45, 7) is 4.47. The molecule has 0 saturated heterocycles. The minimum absolute atomic E-state index is 0.0645. The van der Waals surface area contributed by atoms with Crippen LogP contribution >= 0.6 is 0 Å². The summed E-state index contributed by atoms with van der Waals surface area (Å²) in [5.74, 6) is 1.52. The number of carbonyl (C=O) groups excluding carboxylic acids is 2. The normalized spacial score (nSPS) is 10.8. The Kier molecular flexibility index (Phi) is 17.5. The first-order valence-electron chi connectivity index (χ1n) is 15.6. The van der Waals surface area contributed by atoms with Gasteiger partial charge in [0.2, 0.25) is 11.8 Å². The van der Waals surface area contributed by atoms with Gasteiger partial charge in [-0.25, -0.2) is 0 Å². The molecule has 0 aliphatic rings. The number of benzene rings is 2. The highest BCUT2D eigenvalue weighted by Gasteiger charge is 2.05. The summed E-state index contributed by atoms with van der Waals surface area (Å²) in [4.78, 5) is 24.5. The van der Waals surface area contributed by atoms with Crippen LogP contribution in [0.4, 0.5) is 11.4 Å². The Labute approximate surface area is 237 Å². The Balaban J connectivity index is 1.60. The minimum atomic E-state index is 0.0645. The van der Waals surface area contributed by atoms with Gasteiger partial charge in [-0.15, -0.1) is 0 Å². The number of anilines is 2. The molecule has 0 radical (unpaired) electrons. The molecule has 0 saturated carbocycles. The summed E-state index contributed by atoms with van der Waals surface area (Å²) >= 11 is 0. The van der Waals surface area contributed by atoms with E-state index in [0.717, 1.165) is 37.1 Å². The molecule has 2 amide bonds. The van der Waals surface area contributed by atoms with Crippen molar-refractivity contribution >= 4 is 23.2 Å². The van der Waals surface area contributed by atoms with Crippen molar-refractivity contribution in [2.75, 3.05) is 10.6 Å². The van der Waals surface area contributed by atoms with E-state index in [0.29, 0.717) is 24.3 Å². The number of carbonyl (C=O) groups is 2. The number of ether oxygens (including phenoxy) is 1. The van der Waals surface area contributed by atoms with Gasteiger partial charge in [-0.05, 0) is 61.4 Å². The Morgan fingerprint density at radius 3 is 1.13 bits per heavy atom. The molecular weight excluding hydrogens is 484 g/mol. The van der Waals surface area contributed by atoms with Crippen LogP contribution in [-0.2, 0) is 9.59 Å². The predicted octanol–water partition coefficient (Wildman–Crippen LogP) is 10.4. The first kappa shape index (κ1) is 32.4. The average Bonchev–Trinajstić information content (AvgIpc) is 2.94. The molecular formula is C34H52N2O3. The summed E-state index contributed by atoms with van der Waals surface area (Å²) in [5, 5.41) is 5.95. The van der Waals surface area contributed by atoms with E-state index in [1.54, 1.807) is 0 Å². The Morgan fingerprint density at radius 1 is 0.487 bits per heavy atom. The first-order chi connectivity index (χ1) is 19.1. The van der Waals surface area contributed by atoms with Crippen molar-refractivity contribution in [2.45, 2.75) is 129 Å². The second kappa shape index (κ2) is 21.1. The second-order valence-electron chi connectivity index (χ2n) is 10.7. The van der Waals surface area contributed by atoms with Gasteiger partial charge in [0.15, 0.2) is 0 Å². The van der Waals surface area contributed by atoms with Gasteiger partial charge in [-0.1, -0.05) is 104 Å². The third-order valence-corrected chi connectivity index (χ3v) is 7.03. The second-order valence-corrected chi connectivity index (χ2v) is 10.7. The molecule has 0 bridgehead atoms. The molecule has 2 aromatic rings. The van der Waals surface area contributed by atoms with Crippen LogP contribution < -0.4 is 15.4 Å². The van der Waals surface area contributed by atoms with E-state index in [1.807, 2.05) is 48.5 Å². The number of amides is 2. The van der Waals surface area contributed by atoms with E-state index >= 15 is 0 Å². The Hall–Kier alpha value is -2.82. The van der Waals surface area contributed by atoms with E-state index in [9.17, 15) is 9.59 Å². The van der Waals surface area contributed by atoms with Gasteiger partial charge >= 0.3 is 0 Å². The van der Waals surface area contributed by atoms with Crippen molar-refractivity contribution in [2.24, 2.45) is 0 Å². The summed E-state index contributed by atoms with van der Waals surface area (Å²) in [5.41, 5.74) is 1.56.